The summed E-state index contributed by atoms with van der Waals surface area (Å²) in [6, 6.07) is 9.27. The highest BCUT2D eigenvalue weighted by Crippen LogP contribution is 2.27. The molecule has 0 atom stereocenters. The van der Waals surface area contributed by atoms with E-state index >= 15 is 0 Å². The molecule has 2 aromatic carbocycles. The van der Waals surface area contributed by atoms with Crippen LogP contribution in [0, 0.1) is 0 Å². The molecule has 2 aromatic rings. The van der Waals surface area contributed by atoms with Crippen LogP contribution in [0.1, 0.15) is 10.4 Å². The van der Waals surface area contributed by atoms with Gasteiger partial charge in [-0.15, -0.1) is 0 Å². The molecule has 0 amide bonds. The molecule has 10 heteroatoms. The van der Waals surface area contributed by atoms with Gasteiger partial charge >= 0.3 is 0 Å². The predicted molar refractivity (Wildman–Crippen MR) is 94.9 cm³/mol. The van der Waals surface area contributed by atoms with Gasteiger partial charge in [0, 0.05) is 5.56 Å². The monoisotopic (exact) mass is 447 g/mol. The quantitative estimate of drug-likeness (QED) is 0.673. The molecule has 0 aliphatic carbocycles. The van der Waals surface area contributed by atoms with Crippen LogP contribution in [0.4, 0.5) is 0 Å². The normalized spacial score (nSPS) is 12.0. The van der Waals surface area contributed by atoms with Crippen molar-refractivity contribution in [3.05, 3.63) is 52.5 Å². The van der Waals surface area contributed by atoms with Gasteiger partial charge in [0.05, 0.1) is 16.5 Å². The Labute approximate surface area is 153 Å². The van der Waals surface area contributed by atoms with E-state index in [1.54, 1.807) is 6.07 Å². The van der Waals surface area contributed by atoms with E-state index in [2.05, 4.69) is 15.9 Å². The molecular weight excluding hydrogens is 434 g/mol. The minimum Gasteiger partial charge on any atom is -0.496 e. The highest BCUT2D eigenvalue weighted by molar-refractivity contribution is 9.10. The number of carbonyl (C=O) groups is 1. The number of primary sulfonamides is 1. The topological polar surface area (TPSA) is 121 Å². The summed E-state index contributed by atoms with van der Waals surface area (Å²) in [7, 11) is -7.05. The lowest BCUT2D eigenvalue weighted by Gasteiger charge is -2.09. The van der Waals surface area contributed by atoms with Crippen LogP contribution < -0.4 is 9.88 Å². The number of ketones is 1. The van der Waals surface area contributed by atoms with E-state index < -0.39 is 41.2 Å². The number of methoxy groups -OCH3 is 1. The van der Waals surface area contributed by atoms with E-state index in [1.165, 1.54) is 31.4 Å². The summed E-state index contributed by atoms with van der Waals surface area (Å²) < 4.78 is 53.9. The molecule has 134 valence electrons. The molecule has 0 saturated carbocycles. The number of hydrogen-bond acceptors (Lipinski definition) is 6. The van der Waals surface area contributed by atoms with Crippen molar-refractivity contribution in [3.63, 3.8) is 0 Å². The lowest BCUT2D eigenvalue weighted by molar-refractivity contribution is 0.102. The molecule has 0 unspecified atom stereocenters. The number of ether oxygens (including phenoxy) is 1. The molecule has 0 aliphatic heterocycles. The molecule has 0 aromatic heterocycles. The Balaban J connectivity index is 2.42. The molecule has 25 heavy (non-hydrogen) atoms. The van der Waals surface area contributed by atoms with Crippen molar-refractivity contribution in [1.29, 1.82) is 0 Å². The van der Waals surface area contributed by atoms with Crippen molar-refractivity contribution in [3.8, 4) is 5.75 Å². The fraction of sp³-hybridized carbons (Fsp3) is 0.133. The summed E-state index contributed by atoms with van der Waals surface area (Å²) in [6.45, 7) is 0. The Hall–Kier alpha value is -1.75. The Morgan fingerprint density at radius 3 is 2.24 bits per heavy atom. The maximum Gasteiger partial charge on any atom is 0.239 e. The molecule has 0 fully saturated rings. The highest BCUT2D eigenvalue weighted by atomic mass is 79.9. The number of rotatable bonds is 6. The van der Waals surface area contributed by atoms with Crippen LogP contribution in [-0.4, -0.2) is 35.5 Å². The van der Waals surface area contributed by atoms with Gasteiger partial charge in [-0.25, -0.2) is 22.0 Å². The molecule has 0 spiro atoms. The molecule has 0 saturated heterocycles. The summed E-state index contributed by atoms with van der Waals surface area (Å²) in [4.78, 5) is 11.3. The second kappa shape index (κ2) is 7.24. The van der Waals surface area contributed by atoms with Crippen molar-refractivity contribution in [2.24, 2.45) is 5.14 Å². The van der Waals surface area contributed by atoms with Gasteiger partial charge in [-0.1, -0.05) is 12.1 Å². The van der Waals surface area contributed by atoms with Crippen molar-refractivity contribution in [2.45, 2.75) is 9.79 Å². The smallest absolute Gasteiger partial charge is 0.239 e. The van der Waals surface area contributed by atoms with E-state index in [0.29, 0.717) is 10.2 Å². The number of nitrogens with two attached hydrogens (primary N) is 1. The van der Waals surface area contributed by atoms with Crippen LogP contribution >= 0.6 is 15.9 Å². The first kappa shape index (κ1) is 19.6. The van der Waals surface area contributed by atoms with Crippen LogP contribution in [0.2, 0.25) is 0 Å². The van der Waals surface area contributed by atoms with Crippen LogP contribution in [0.5, 0.6) is 5.75 Å². The number of hydrogen-bond donors (Lipinski definition) is 1. The Kier molecular flexibility index (Phi) is 5.67. The number of sulfone groups is 1. The van der Waals surface area contributed by atoms with Crippen LogP contribution in [-0.2, 0) is 19.9 Å². The summed E-state index contributed by atoms with van der Waals surface area (Å²) >= 11 is 3.23. The summed E-state index contributed by atoms with van der Waals surface area (Å²) in [6.07, 6.45) is 0. The average Bonchev–Trinajstić information content (AvgIpc) is 2.54. The Bertz CT molecular complexity index is 1030. The number of Topliss-reactive ketones (excluding diaryl/α,β-unsaturated/α-hetero) is 1. The van der Waals surface area contributed by atoms with Crippen molar-refractivity contribution < 1.29 is 26.4 Å². The number of halogens is 1. The van der Waals surface area contributed by atoms with Gasteiger partial charge in [0.15, 0.2) is 15.6 Å². The van der Waals surface area contributed by atoms with Gasteiger partial charge in [0.25, 0.3) is 0 Å². The lowest BCUT2D eigenvalue weighted by atomic mass is 10.1. The standard InChI is InChI=1S/C15H14BrNO6S2/c1-23-13-8-10(6-7-11(13)16)12(18)9-24(19,20)14-4-2-3-5-15(14)25(17,21)22/h2-8H,9H2,1H3,(H2,17,21,22). The largest absolute Gasteiger partial charge is 0.496 e. The molecular formula is C15H14BrNO6S2. The van der Waals surface area contributed by atoms with Gasteiger partial charge in [0.2, 0.25) is 10.0 Å². The van der Waals surface area contributed by atoms with E-state index in [-0.39, 0.29) is 5.56 Å². The zero-order valence-corrected chi connectivity index (χ0v) is 16.2. The van der Waals surface area contributed by atoms with Crippen LogP contribution in [0.25, 0.3) is 0 Å². The Morgan fingerprint density at radius 1 is 1.08 bits per heavy atom. The molecule has 0 bridgehead atoms. The maximum absolute atomic E-state index is 12.5. The fourth-order valence-corrected chi connectivity index (χ4v) is 5.19. The zero-order chi connectivity index (χ0) is 18.8. The first-order chi connectivity index (χ1) is 11.6. The minimum absolute atomic E-state index is 0.122. The first-order valence-corrected chi connectivity index (χ1v) is 10.8. The molecule has 2 rings (SSSR count). The van der Waals surface area contributed by atoms with E-state index in [0.717, 1.165) is 12.1 Å². The Morgan fingerprint density at radius 2 is 1.68 bits per heavy atom. The SMILES string of the molecule is COc1cc(C(=O)CS(=O)(=O)c2ccccc2S(N)(=O)=O)ccc1Br. The molecule has 0 heterocycles. The number of benzene rings is 2. The molecule has 0 aliphatic rings. The van der Waals surface area contributed by atoms with E-state index in [9.17, 15) is 21.6 Å². The van der Waals surface area contributed by atoms with Gasteiger partial charge in [-0.3, -0.25) is 4.79 Å². The number of carbonyl (C=O) groups excluding carboxylic acids is 1. The lowest BCUT2D eigenvalue weighted by Crippen LogP contribution is -2.21. The third-order valence-corrected chi connectivity index (χ3v) is 6.71. The third kappa shape index (κ3) is 4.46. The maximum atomic E-state index is 12.5. The van der Waals surface area contributed by atoms with Gasteiger partial charge in [0.1, 0.15) is 16.4 Å². The van der Waals surface area contributed by atoms with Crippen molar-refractivity contribution in [1.82, 2.24) is 0 Å². The first-order valence-electron chi connectivity index (χ1n) is 6.77. The van der Waals surface area contributed by atoms with Crippen molar-refractivity contribution >= 4 is 41.6 Å². The predicted octanol–water partition coefficient (Wildman–Crippen LogP) is 1.76. The second-order valence-electron chi connectivity index (χ2n) is 5.02. The average molecular weight is 448 g/mol. The van der Waals surface area contributed by atoms with Gasteiger partial charge in [-0.05, 0) is 46.3 Å². The zero-order valence-electron chi connectivity index (χ0n) is 13.0. The van der Waals surface area contributed by atoms with Crippen LogP contribution in [0.3, 0.4) is 0 Å². The third-order valence-electron chi connectivity index (χ3n) is 3.28. The van der Waals surface area contributed by atoms with Crippen LogP contribution in [0.15, 0.2) is 56.7 Å². The molecule has 2 N–H and O–H groups in total. The summed E-state index contributed by atoms with van der Waals surface area (Å²) in [5.74, 6) is -1.23. The fourth-order valence-electron chi connectivity index (χ4n) is 2.11. The van der Waals surface area contributed by atoms with Gasteiger partial charge < -0.3 is 4.74 Å². The summed E-state index contributed by atoms with van der Waals surface area (Å²) in [5, 5.41) is 5.05. The summed E-state index contributed by atoms with van der Waals surface area (Å²) in [5.41, 5.74) is 0.122. The highest BCUT2D eigenvalue weighted by Gasteiger charge is 2.27. The minimum atomic E-state index is -4.25. The van der Waals surface area contributed by atoms with Gasteiger partial charge in [-0.2, -0.15) is 0 Å². The van der Waals surface area contributed by atoms with E-state index in [1.807, 2.05) is 0 Å². The molecule has 7 nitrogen and oxygen atoms in total. The number of sulfonamides is 1. The van der Waals surface area contributed by atoms with Crippen molar-refractivity contribution in [2.75, 3.05) is 12.9 Å². The van der Waals surface area contributed by atoms with E-state index in [4.69, 9.17) is 9.88 Å². The second-order valence-corrected chi connectivity index (χ2v) is 9.37. The molecule has 0 radical (unpaired) electrons.